The number of nitrogens with zero attached hydrogens (tertiary/aromatic N) is 3. The third kappa shape index (κ3) is 4.91. The summed E-state index contributed by atoms with van der Waals surface area (Å²) in [5, 5.41) is 16.4. The number of carboxylic acids is 1. The first-order chi connectivity index (χ1) is 15.8. The van der Waals surface area contributed by atoms with Gasteiger partial charge in [0.25, 0.3) is 5.91 Å². The predicted octanol–water partition coefficient (Wildman–Crippen LogP) is 5.11. The van der Waals surface area contributed by atoms with Crippen molar-refractivity contribution in [3.05, 3.63) is 88.5 Å². The minimum Gasteiger partial charge on any atom is -0.478 e. The van der Waals surface area contributed by atoms with Crippen molar-refractivity contribution in [3.63, 3.8) is 0 Å². The number of aromatic nitrogens is 3. The fourth-order valence-electron chi connectivity index (χ4n) is 3.39. The van der Waals surface area contributed by atoms with E-state index in [1.165, 1.54) is 18.6 Å². The first kappa shape index (κ1) is 22.2. The Bertz CT molecular complexity index is 1360. The summed E-state index contributed by atoms with van der Waals surface area (Å²) < 4.78 is 0. The molecule has 0 aliphatic carbocycles. The maximum absolute atomic E-state index is 12.5. The summed E-state index contributed by atoms with van der Waals surface area (Å²) in [4.78, 5) is 36.7. The molecule has 0 saturated carbocycles. The van der Waals surface area contributed by atoms with Crippen molar-refractivity contribution in [1.82, 2.24) is 15.0 Å². The number of pyridine rings is 1. The van der Waals surface area contributed by atoms with Crippen LogP contribution in [-0.2, 0) is 0 Å². The van der Waals surface area contributed by atoms with Crippen molar-refractivity contribution < 1.29 is 14.7 Å². The number of carboxylic acid groups (broad SMARTS) is 1. The summed E-state index contributed by atoms with van der Waals surface area (Å²) in [6, 6.07) is 13.7. The number of hydrogen-bond acceptors (Lipinski definition) is 6. The van der Waals surface area contributed by atoms with Gasteiger partial charge in [-0.15, -0.1) is 0 Å². The molecule has 8 nitrogen and oxygen atoms in total. The summed E-state index contributed by atoms with van der Waals surface area (Å²) in [5.41, 5.74) is 3.13. The van der Waals surface area contributed by atoms with Gasteiger partial charge in [0.1, 0.15) is 12.1 Å². The zero-order valence-corrected chi connectivity index (χ0v) is 18.6. The van der Waals surface area contributed by atoms with Crippen LogP contribution in [0.2, 0.25) is 5.02 Å². The number of halogens is 1. The van der Waals surface area contributed by atoms with Gasteiger partial charge in [-0.1, -0.05) is 23.7 Å². The highest BCUT2D eigenvalue weighted by Gasteiger charge is 2.16. The maximum atomic E-state index is 12.5. The molecule has 1 unspecified atom stereocenters. The average molecular weight is 462 g/mol. The molecule has 2 aromatic carbocycles. The van der Waals surface area contributed by atoms with E-state index in [0.717, 1.165) is 11.3 Å². The largest absolute Gasteiger partial charge is 0.478 e. The predicted molar refractivity (Wildman–Crippen MR) is 127 cm³/mol. The van der Waals surface area contributed by atoms with Crippen molar-refractivity contribution in [2.45, 2.75) is 19.9 Å². The number of benzene rings is 2. The second-order valence-electron chi connectivity index (χ2n) is 7.51. The molecule has 0 fully saturated rings. The zero-order chi connectivity index (χ0) is 23.5. The number of anilines is 2. The molecule has 2 heterocycles. The molecular weight excluding hydrogens is 442 g/mol. The Morgan fingerprint density at radius 1 is 1.06 bits per heavy atom. The number of carbonyl (C=O) groups excluding carboxylic acids is 1. The summed E-state index contributed by atoms with van der Waals surface area (Å²) in [6.45, 7) is 3.79. The Morgan fingerprint density at radius 3 is 2.61 bits per heavy atom. The van der Waals surface area contributed by atoms with E-state index in [1.807, 2.05) is 32.0 Å². The van der Waals surface area contributed by atoms with Gasteiger partial charge in [-0.3, -0.25) is 9.78 Å². The SMILES string of the molecule is Cc1ccc(C(=O)Nc2cccc(C(C)Nc3ncnc4c(C(=O)O)cc(Cl)cc34)c2)cn1. The van der Waals surface area contributed by atoms with Gasteiger partial charge in [0, 0.05) is 28.0 Å². The zero-order valence-electron chi connectivity index (χ0n) is 17.8. The van der Waals surface area contributed by atoms with Crippen LogP contribution in [0.25, 0.3) is 10.9 Å². The summed E-state index contributed by atoms with van der Waals surface area (Å²) in [7, 11) is 0. The minimum absolute atomic E-state index is 0.00547. The van der Waals surface area contributed by atoms with Gasteiger partial charge in [0.2, 0.25) is 0 Å². The molecule has 4 aromatic rings. The molecule has 1 amide bonds. The molecule has 0 aliphatic rings. The standard InChI is InChI=1S/C24H20ClN5O3/c1-13-6-7-16(11-26-13)23(31)30-18-5-3-4-15(8-18)14(2)29-22-19-9-17(25)10-20(24(32)33)21(19)27-12-28-22/h3-12,14H,1-2H3,(H,30,31)(H,32,33)(H,27,28,29). The average Bonchev–Trinajstić information content (AvgIpc) is 2.79. The Balaban J connectivity index is 1.58. The van der Waals surface area contributed by atoms with Crippen molar-refractivity contribution in [3.8, 4) is 0 Å². The summed E-state index contributed by atoms with van der Waals surface area (Å²) in [6.07, 6.45) is 2.85. The van der Waals surface area contributed by atoms with Crippen molar-refractivity contribution in [2.24, 2.45) is 0 Å². The molecule has 9 heteroatoms. The molecular formula is C24H20ClN5O3. The van der Waals surface area contributed by atoms with Gasteiger partial charge < -0.3 is 15.7 Å². The molecule has 0 spiro atoms. The number of rotatable bonds is 6. The van der Waals surface area contributed by atoms with E-state index in [1.54, 1.807) is 24.3 Å². The molecule has 2 aromatic heterocycles. The van der Waals surface area contributed by atoms with Crippen LogP contribution >= 0.6 is 11.6 Å². The second kappa shape index (κ2) is 9.22. The highest BCUT2D eigenvalue weighted by Crippen LogP contribution is 2.29. The lowest BCUT2D eigenvalue weighted by Gasteiger charge is -2.18. The van der Waals surface area contributed by atoms with Crippen LogP contribution in [0.15, 0.2) is 61.1 Å². The Morgan fingerprint density at radius 2 is 1.88 bits per heavy atom. The topological polar surface area (TPSA) is 117 Å². The lowest BCUT2D eigenvalue weighted by atomic mass is 10.1. The van der Waals surface area contributed by atoms with Crippen LogP contribution in [0.5, 0.6) is 0 Å². The van der Waals surface area contributed by atoms with E-state index in [9.17, 15) is 14.7 Å². The van der Waals surface area contributed by atoms with E-state index >= 15 is 0 Å². The number of fused-ring (bicyclic) bond motifs is 1. The van der Waals surface area contributed by atoms with E-state index in [4.69, 9.17) is 11.6 Å². The molecule has 1 atom stereocenters. The number of aryl methyl sites for hydroxylation is 1. The lowest BCUT2D eigenvalue weighted by molar-refractivity contribution is 0.0698. The van der Waals surface area contributed by atoms with Crippen LogP contribution in [0.4, 0.5) is 11.5 Å². The van der Waals surface area contributed by atoms with E-state index in [0.29, 0.717) is 28.0 Å². The monoisotopic (exact) mass is 461 g/mol. The third-order valence-corrected chi connectivity index (χ3v) is 5.32. The molecule has 33 heavy (non-hydrogen) atoms. The third-order valence-electron chi connectivity index (χ3n) is 5.11. The van der Waals surface area contributed by atoms with Crippen LogP contribution in [0.3, 0.4) is 0 Å². The van der Waals surface area contributed by atoms with Crippen LogP contribution < -0.4 is 10.6 Å². The quantitative estimate of drug-likeness (QED) is 0.365. The van der Waals surface area contributed by atoms with Gasteiger partial charge in [0.05, 0.1) is 22.7 Å². The molecule has 3 N–H and O–H groups in total. The maximum Gasteiger partial charge on any atom is 0.337 e. The molecule has 0 radical (unpaired) electrons. The number of nitrogens with one attached hydrogen (secondary N) is 2. The van der Waals surface area contributed by atoms with E-state index in [-0.39, 0.29) is 22.5 Å². The first-order valence-electron chi connectivity index (χ1n) is 10.1. The van der Waals surface area contributed by atoms with Gasteiger partial charge >= 0.3 is 5.97 Å². The van der Waals surface area contributed by atoms with Crippen LogP contribution in [0, 0.1) is 6.92 Å². The summed E-state index contributed by atoms with van der Waals surface area (Å²) in [5.74, 6) is -0.914. The van der Waals surface area contributed by atoms with Gasteiger partial charge in [-0.05, 0) is 55.8 Å². The van der Waals surface area contributed by atoms with Gasteiger partial charge in [0.15, 0.2) is 0 Å². The molecule has 0 aliphatic heterocycles. The lowest BCUT2D eigenvalue weighted by Crippen LogP contribution is -2.13. The highest BCUT2D eigenvalue weighted by atomic mass is 35.5. The van der Waals surface area contributed by atoms with Gasteiger partial charge in [-0.25, -0.2) is 14.8 Å². The molecule has 0 saturated heterocycles. The van der Waals surface area contributed by atoms with Crippen LogP contribution in [0.1, 0.15) is 44.9 Å². The smallest absolute Gasteiger partial charge is 0.337 e. The molecule has 0 bridgehead atoms. The fraction of sp³-hybridized carbons (Fsp3) is 0.125. The van der Waals surface area contributed by atoms with Gasteiger partial charge in [-0.2, -0.15) is 0 Å². The normalized spacial score (nSPS) is 11.7. The van der Waals surface area contributed by atoms with Crippen molar-refractivity contribution in [1.29, 1.82) is 0 Å². The Labute approximate surface area is 194 Å². The fourth-order valence-corrected chi connectivity index (χ4v) is 3.61. The van der Waals surface area contributed by atoms with Crippen LogP contribution in [-0.4, -0.2) is 31.9 Å². The van der Waals surface area contributed by atoms with E-state index in [2.05, 4.69) is 25.6 Å². The number of hydrogen-bond donors (Lipinski definition) is 3. The van der Waals surface area contributed by atoms with E-state index < -0.39 is 5.97 Å². The molecule has 166 valence electrons. The highest BCUT2D eigenvalue weighted by molar-refractivity contribution is 6.32. The second-order valence-corrected chi connectivity index (χ2v) is 7.95. The summed E-state index contributed by atoms with van der Waals surface area (Å²) >= 11 is 6.13. The molecule has 4 rings (SSSR count). The number of carbonyl (C=O) groups is 2. The first-order valence-corrected chi connectivity index (χ1v) is 10.5. The number of aromatic carboxylic acids is 1. The van der Waals surface area contributed by atoms with Crippen molar-refractivity contribution >= 4 is 45.9 Å². The Hall–Kier alpha value is -4.04. The minimum atomic E-state index is -1.12. The number of amides is 1. The Kier molecular flexibility index (Phi) is 6.19. The van der Waals surface area contributed by atoms with Crippen molar-refractivity contribution in [2.75, 3.05) is 10.6 Å².